The second-order valence-electron chi connectivity index (χ2n) is 11.7. The molecule has 3 N–H and O–H groups in total. The van der Waals surface area contributed by atoms with E-state index in [0.717, 1.165) is 81.0 Å². The number of carbonyl (C=O) groups excluding carboxylic acids is 1. The molecule has 1 amide bonds. The average molecular weight is 555 g/mol. The lowest BCUT2D eigenvalue weighted by Gasteiger charge is -2.44. The zero-order valence-electron chi connectivity index (χ0n) is 23.8. The van der Waals surface area contributed by atoms with E-state index >= 15 is 0 Å². The number of nitrogens with two attached hydrogens (primary N) is 1. The van der Waals surface area contributed by atoms with Gasteiger partial charge in [0.2, 0.25) is 5.91 Å². The minimum atomic E-state index is -1.11. The maximum Gasteiger partial charge on any atom is 0.222 e. The number of aliphatic hydroxyl groups is 1. The fourth-order valence-electron chi connectivity index (χ4n) is 6.76. The van der Waals surface area contributed by atoms with Crippen LogP contribution in [0.5, 0.6) is 0 Å². The predicted molar refractivity (Wildman–Crippen MR) is 160 cm³/mol. The summed E-state index contributed by atoms with van der Waals surface area (Å²) in [5, 5.41) is 13.3. The van der Waals surface area contributed by atoms with Gasteiger partial charge < -0.3 is 20.5 Å². The maximum absolute atomic E-state index is 13.5. The van der Waals surface area contributed by atoms with Crippen molar-refractivity contribution in [1.82, 2.24) is 4.90 Å². The topological polar surface area (TPSA) is 75.8 Å². The lowest BCUT2D eigenvalue weighted by Crippen LogP contribution is -2.49. The molecule has 2 aromatic carbocycles. The Hall–Kier alpha value is -1.92. The summed E-state index contributed by atoms with van der Waals surface area (Å²) in [7, 11) is 1.71. The number of carbonyl (C=O) groups is 1. The third kappa shape index (κ3) is 7.24. The normalized spacial score (nSPS) is 23.4. The first-order valence-electron chi connectivity index (χ1n) is 15.0. The molecular formula is C33H47ClN2O3. The first kappa shape index (κ1) is 30.0. The summed E-state index contributed by atoms with van der Waals surface area (Å²) in [6, 6.07) is 14.5. The lowest BCUT2D eigenvalue weighted by atomic mass is 9.72. The molecule has 6 heteroatoms. The van der Waals surface area contributed by atoms with Crippen molar-refractivity contribution in [3.63, 3.8) is 0 Å². The molecule has 39 heavy (non-hydrogen) atoms. The van der Waals surface area contributed by atoms with E-state index in [1.165, 1.54) is 5.56 Å². The van der Waals surface area contributed by atoms with Gasteiger partial charge in [0.15, 0.2) is 0 Å². The van der Waals surface area contributed by atoms with E-state index in [-0.39, 0.29) is 23.8 Å². The summed E-state index contributed by atoms with van der Waals surface area (Å²) in [6.45, 7) is 4.11. The minimum Gasteiger partial charge on any atom is -0.385 e. The summed E-state index contributed by atoms with van der Waals surface area (Å²) in [4.78, 5) is 15.5. The van der Waals surface area contributed by atoms with Crippen molar-refractivity contribution < 1.29 is 14.6 Å². The van der Waals surface area contributed by atoms with Crippen molar-refractivity contribution in [3.05, 3.63) is 58.6 Å². The van der Waals surface area contributed by atoms with Gasteiger partial charge in [0, 0.05) is 55.8 Å². The molecule has 1 saturated heterocycles. The van der Waals surface area contributed by atoms with Crippen molar-refractivity contribution in [2.45, 2.75) is 89.2 Å². The van der Waals surface area contributed by atoms with E-state index in [1.807, 2.05) is 23.1 Å². The molecule has 2 aromatic rings. The quantitative estimate of drug-likeness (QED) is 0.302. The fraction of sp³-hybridized carbons (Fsp3) is 0.606. The predicted octanol–water partition coefficient (Wildman–Crippen LogP) is 6.72. The lowest BCUT2D eigenvalue weighted by molar-refractivity contribution is -0.138. The minimum absolute atomic E-state index is 0.0793. The van der Waals surface area contributed by atoms with Crippen LogP contribution in [0.2, 0.25) is 5.02 Å². The van der Waals surface area contributed by atoms with E-state index in [4.69, 9.17) is 22.1 Å². The SMILES string of the molecule is CCc1cccc(-c2c(Cl)cccc2C(O)(CCCCOC)C2CCCN(C(=O)CC3CCCCC3N)C2)c1. The maximum atomic E-state index is 13.5. The van der Waals surface area contributed by atoms with Gasteiger partial charge in [-0.15, -0.1) is 0 Å². The van der Waals surface area contributed by atoms with E-state index in [9.17, 15) is 9.90 Å². The van der Waals surface area contributed by atoms with Gasteiger partial charge in [0.25, 0.3) is 0 Å². The summed E-state index contributed by atoms with van der Waals surface area (Å²) < 4.78 is 5.31. The van der Waals surface area contributed by atoms with Crippen LogP contribution >= 0.6 is 11.6 Å². The fourth-order valence-corrected chi connectivity index (χ4v) is 7.04. The number of aryl methyl sites for hydroxylation is 1. The smallest absolute Gasteiger partial charge is 0.222 e. The van der Waals surface area contributed by atoms with E-state index in [2.05, 4.69) is 31.2 Å². The Morgan fingerprint density at radius 1 is 1.13 bits per heavy atom. The number of rotatable bonds is 11. The first-order chi connectivity index (χ1) is 18.9. The highest BCUT2D eigenvalue weighted by Gasteiger charge is 2.43. The zero-order chi connectivity index (χ0) is 27.8. The Morgan fingerprint density at radius 2 is 1.92 bits per heavy atom. The Morgan fingerprint density at radius 3 is 2.69 bits per heavy atom. The third-order valence-electron chi connectivity index (χ3n) is 9.11. The monoisotopic (exact) mass is 554 g/mol. The number of benzene rings is 2. The summed E-state index contributed by atoms with van der Waals surface area (Å²) in [6.07, 6.45) is 9.87. The number of ether oxygens (including phenoxy) is 1. The number of hydrogen-bond acceptors (Lipinski definition) is 4. The molecule has 0 radical (unpaired) electrons. The van der Waals surface area contributed by atoms with Gasteiger partial charge in [0.1, 0.15) is 0 Å². The largest absolute Gasteiger partial charge is 0.385 e. The highest BCUT2D eigenvalue weighted by molar-refractivity contribution is 6.33. The summed E-state index contributed by atoms with van der Waals surface area (Å²) in [5.41, 5.74) is 9.30. The summed E-state index contributed by atoms with van der Waals surface area (Å²) in [5.74, 6) is 0.375. The number of amides is 1. The molecular weight excluding hydrogens is 508 g/mol. The molecule has 1 saturated carbocycles. The van der Waals surface area contributed by atoms with Crippen LogP contribution in [0, 0.1) is 11.8 Å². The van der Waals surface area contributed by atoms with Crippen molar-refractivity contribution in [2.75, 3.05) is 26.8 Å². The Balaban J connectivity index is 1.65. The number of piperidine rings is 1. The van der Waals surface area contributed by atoms with Crippen LogP contribution in [0.4, 0.5) is 0 Å². The molecule has 1 heterocycles. The molecule has 2 fully saturated rings. The van der Waals surface area contributed by atoms with E-state index in [0.29, 0.717) is 31.0 Å². The summed E-state index contributed by atoms with van der Waals surface area (Å²) >= 11 is 6.88. The number of nitrogens with zero attached hydrogens (tertiary/aromatic N) is 1. The van der Waals surface area contributed by atoms with Gasteiger partial charge in [-0.1, -0.05) is 67.8 Å². The second-order valence-corrected chi connectivity index (χ2v) is 12.1. The molecule has 4 unspecified atom stereocenters. The number of methoxy groups -OCH3 is 1. The van der Waals surface area contributed by atoms with Crippen molar-refractivity contribution >= 4 is 17.5 Å². The van der Waals surface area contributed by atoms with Crippen molar-refractivity contribution in [3.8, 4) is 11.1 Å². The van der Waals surface area contributed by atoms with Crippen LogP contribution in [0.1, 0.15) is 82.3 Å². The van der Waals surface area contributed by atoms with E-state index in [1.54, 1.807) is 7.11 Å². The van der Waals surface area contributed by atoms with Gasteiger partial charge in [-0.3, -0.25) is 4.79 Å². The standard InChI is InChI=1S/C33H47ClN2O3/c1-3-24-11-8-13-26(21-24)32-28(15-9-16-29(32)34)33(38,18-6-7-20-39-2)27-14-10-19-36(23-27)31(37)22-25-12-4-5-17-30(25)35/h8-9,11,13,15-16,21,25,27,30,38H,3-7,10,12,14,17-20,22-23,35H2,1-2H3. The third-order valence-corrected chi connectivity index (χ3v) is 9.43. The van der Waals surface area contributed by atoms with Crippen LogP contribution in [-0.2, 0) is 21.6 Å². The number of halogens is 1. The highest BCUT2D eigenvalue weighted by Crippen LogP contribution is 2.46. The Bertz CT molecular complexity index is 1090. The number of unbranched alkanes of at least 4 members (excludes halogenated alkanes) is 1. The Kier molecular flexibility index (Phi) is 10.9. The van der Waals surface area contributed by atoms with Gasteiger partial charge in [-0.05, 0) is 80.0 Å². The molecule has 4 atom stereocenters. The average Bonchev–Trinajstić information content (AvgIpc) is 2.96. The molecule has 5 nitrogen and oxygen atoms in total. The van der Waals surface area contributed by atoms with Gasteiger partial charge in [0.05, 0.1) is 5.60 Å². The number of hydrogen-bond donors (Lipinski definition) is 2. The number of likely N-dealkylation sites (tertiary alicyclic amines) is 1. The molecule has 0 bridgehead atoms. The van der Waals surface area contributed by atoms with Crippen LogP contribution in [0.25, 0.3) is 11.1 Å². The molecule has 2 aliphatic rings. The van der Waals surface area contributed by atoms with Gasteiger partial charge in [-0.25, -0.2) is 0 Å². The van der Waals surface area contributed by atoms with Crippen LogP contribution in [0.15, 0.2) is 42.5 Å². The van der Waals surface area contributed by atoms with Crippen molar-refractivity contribution in [1.29, 1.82) is 0 Å². The van der Waals surface area contributed by atoms with Crippen LogP contribution in [-0.4, -0.2) is 48.8 Å². The second kappa shape index (κ2) is 14.1. The van der Waals surface area contributed by atoms with E-state index < -0.39 is 5.60 Å². The first-order valence-corrected chi connectivity index (χ1v) is 15.4. The molecule has 4 rings (SSSR count). The molecule has 0 aromatic heterocycles. The molecule has 1 aliphatic carbocycles. The highest BCUT2D eigenvalue weighted by atomic mass is 35.5. The van der Waals surface area contributed by atoms with Gasteiger partial charge >= 0.3 is 0 Å². The van der Waals surface area contributed by atoms with Gasteiger partial charge in [-0.2, -0.15) is 0 Å². The zero-order valence-corrected chi connectivity index (χ0v) is 24.6. The van der Waals surface area contributed by atoms with Crippen molar-refractivity contribution in [2.24, 2.45) is 17.6 Å². The van der Waals surface area contributed by atoms with Crippen LogP contribution < -0.4 is 5.73 Å². The molecule has 0 spiro atoms. The van der Waals surface area contributed by atoms with Crippen LogP contribution in [0.3, 0.4) is 0 Å². The Labute approximate surface area is 240 Å². The molecule has 1 aliphatic heterocycles. The molecule has 214 valence electrons.